The van der Waals surface area contributed by atoms with Gasteiger partial charge in [-0.1, -0.05) is 155 Å². The van der Waals surface area contributed by atoms with Crippen molar-refractivity contribution >= 4 is 17.9 Å². The standard InChI is InChI=1S/C68H88O12/c1-44(2)24-23-35-68(10,80-63-60(79-62(72)50-31-21-14-22-32-50)59(75-42-49-29-19-13-20-30-49)58(71)54(78-63)43-73-40-47-25-15-11-16-26-47)51-33-37-66(8)57(51)52(74-41-48-27-17-12-18-28-48)38-55-65(7)36-34-56(77-46(4)70)64(5,6)61(65)53(76-45(3)69)39-67(55,66)9/h11-22,24-32,51-61,63,71H,23,33-43H2,1-10H3/t51?,52-,53+,54?,55?,56+,57?,58-,59?,60?,61?,63+,65-,66-,67-,68+/m1/s1. The lowest BCUT2D eigenvalue weighted by Crippen LogP contribution is -2.70. The van der Waals surface area contributed by atoms with E-state index in [1.807, 2.05) is 72.8 Å². The summed E-state index contributed by atoms with van der Waals surface area (Å²) < 4.78 is 54.7. The fourth-order valence-corrected chi connectivity index (χ4v) is 16.3. The van der Waals surface area contributed by atoms with Gasteiger partial charge in [0.1, 0.15) is 30.5 Å². The molecule has 80 heavy (non-hydrogen) atoms. The van der Waals surface area contributed by atoms with Crippen LogP contribution in [0.2, 0.25) is 0 Å². The number of aliphatic hydroxyl groups is 1. The van der Waals surface area contributed by atoms with Crippen molar-refractivity contribution in [2.45, 2.75) is 195 Å². The fourth-order valence-electron chi connectivity index (χ4n) is 16.3. The molecular formula is C68H88O12. The molecule has 0 aromatic heterocycles. The molecule has 12 nitrogen and oxygen atoms in total. The molecule has 16 atom stereocenters. The van der Waals surface area contributed by atoms with Crippen LogP contribution in [0.5, 0.6) is 0 Å². The molecule has 4 aliphatic carbocycles. The third-order valence-corrected chi connectivity index (χ3v) is 20.0. The van der Waals surface area contributed by atoms with E-state index in [2.05, 4.69) is 85.7 Å². The topological polar surface area (TPSA) is 145 Å². The Hall–Kier alpha value is -5.21. The minimum atomic E-state index is -1.28. The van der Waals surface area contributed by atoms with E-state index in [4.69, 9.17) is 37.9 Å². The van der Waals surface area contributed by atoms with Crippen LogP contribution in [0.15, 0.2) is 133 Å². The average molecular weight is 1100 g/mol. The van der Waals surface area contributed by atoms with Crippen molar-refractivity contribution in [3.8, 4) is 0 Å². The zero-order valence-corrected chi connectivity index (χ0v) is 49.0. The number of carbonyl (C=O) groups excluding carboxylic acids is 3. The van der Waals surface area contributed by atoms with Gasteiger partial charge in [0.15, 0.2) is 12.4 Å². The Bertz CT molecular complexity index is 2730. The second kappa shape index (κ2) is 24.7. The van der Waals surface area contributed by atoms with Gasteiger partial charge >= 0.3 is 17.9 Å². The molecule has 1 heterocycles. The Morgan fingerprint density at radius 2 is 1.25 bits per heavy atom. The molecule has 5 aliphatic rings. The van der Waals surface area contributed by atoms with Crippen LogP contribution < -0.4 is 0 Å². The van der Waals surface area contributed by atoms with E-state index in [0.717, 1.165) is 42.4 Å². The zero-order chi connectivity index (χ0) is 57.0. The van der Waals surface area contributed by atoms with E-state index in [1.54, 1.807) is 24.3 Å². The van der Waals surface area contributed by atoms with Crippen molar-refractivity contribution in [1.82, 2.24) is 0 Å². The quantitative estimate of drug-likeness (QED) is 0.0511. The Morgan fingerprint density at radius 1 is 0.675 bits per heavy atom. The number of allylic oxidation sites excluding steroid dienone is 2. The van der Waals surface area contributed by atoms with Gasteiger partial charge in [-0.15, -0.1) is 0 Å². The predicted molar refractivity (Wildman–Crippen MR) is 305 cm³/mol. The molecule has 12 heteroatoms. The van der Waals surface area contributed by atoms with Crippen LogP contribution in [0.4, 0.5) is 0 Å². The minimum Gasteiger partial charge on any atom is -0.462 e. The van der Waals surface area contributed by atoms with Crippen LogP contribution in [0, 0.1) is 45.3 Å². The lowest BCUT2D eigenvalue weighted by molar-refractivity contribution is -0.342. The van der Waals surface area contributed by atoms with Crippen molar-refractivity contribution in [3.63, 3.8) is 0 Å². The monoisotopic (exact) mass is 1100 g/mol. The summed E-state index contributed by atoms with van der Waals surface area (Å²) in [5, 5.41) is 12.5. The highest BCUT2D eigenvalue weighted by Crippen LogP contribution is 2.77. The third-order valence-electron chi connectivity index (χ3n) is 20.0. The first kappa shape index (κ1) is 59.4. The smallest absolute Gasteiger partial charge is 0.338 e. The molecule has 0 bridgehead atoms. The molecule has 0 spiro atoms. The maximum Gasteiger partial charge on any atom is 0.338 e. The van der Waals surface area contributed by atoms with E-state index in [-0.39, 0.29) is 83.9 Å². The summed E-state index contributed by atoms with van der Waals surface area (Å²) in [6.07, 6.45) is 1.37. The van der Waals surface area contributed by atoms with Gasteiger partial charge in [0.2, 0.25) is 0 Å². The van der Waals surface area contributed by atoms with E-state index in [1.165, 1.54) is 19.4 Å². The average Bonchev–Trinajstić information content (AvgIpc) is 2.97. The van der Waals surface area contributed by atoms with Crippen molar-refractivity contribution < 1.29 is 57.4 Å². The molecule has 7 unspecified atom stereocenters. The van der Waals surface area contributed by atoms with E-state index in [9.17, 15) is 19.5 Å². The molecule has 0 amide bonds. The number of hydrogen-bond acceptors (Lipinski definition) is 12. The Kier molecular flexibility index (Phi) is 18.4. The molecule has 1 aliphatic heterocycles. The van der Waals surface area contributed by atoms with Gasteiger partial charge in [-0.3, -0.25) is 9.59 Å². The van der Waals surface area contributed by atoms with Crippen LogP contribution in [-0.4, -0.2) is 84.2 Å². The van der Waals surface area contributed by atoms with Gasteiger partial charge in [-0.2, -0.15) is 0 Å². The van der Waals surface area contributed by atoms with Crippen LogP contribution in [0.25, 0.3) is 0 Å². The molecule has 4 aromatic rings. The van der Waals surface area contributed by atoms with Gasteiger partial charge in [0.25, 0.3) is 0 Å². The van der Waals surface area contributed by atoms with Crippen molar-refractivity contribution in [3.05, 3.63) is 155 Å². The number of esters is 3. The zero-order valence-electron chi connectivity index (χ0n) is 49.0. The molecule has 0 radical (unpaired) electrons. The maximum atomic E-state index is 14.4. The lowest BCUT2D eigenvalue weighted by atomic mass is 9.34. The fraction of sp³-hybridized carbons (Fsp3) is 0.574. The number of carbonyl (C=O) groups is 3. The summed E-state index contributed by atoms with van der Waals surface area (Å²) in [6, 6.07) is 38.8. The molecule has 4 aromatic carbocycles. The summed E-state index contributed by atoms with van der Waals surface area (Å²) in [6.45, 7) is 22.0. The Morgan fingerprint density at radius 3 is 1.84 bits per heavy atom. The van der Waals surface area contributed by atoms with Gasteiger partial charge in [-0.25, -0.2) is 4.79 Å². The highest BCUT2D eigenvalue weighted by atomic mass is 16.7. The Balaban J connectivity index is 1.14. The summed E-state index contributed by atoms with van der Waals surface area (Å²) in [5.41, 5.74) is 1.97. The first-order chi connectivity index (χ1) is 38.2. The highest BCUT2D eigenvalue weighted by molar-refractivity contribution is 5.89. The van der Waals surface area contributed by atoms with Crippen LogP contribution >= 0.6 is 0 Å². The lowest BCUT2D eigenvalue weighted by Gasteiger charge is -2.72. The van der Waals surface area contributed by atoms with Crippen molar-refractivity contribution in [2.75, 3.05) is 6.61 Å². The SMILES string of the molecule is CC(=O)O[C@H]1C[C@]2(C)C(C[C@@H](OCc3ccccc3)C3C([C@](C)(CCC=C(C)C)O[C@@H]4OC(COCc5ccccc5)[C@@H](O)C(OCc5ccccc5)C4OC(=O)c4ccccc4)CC[C@]32C)[C@@]2(C)CC[C@H](OC(C)=O)C(C)(C)C12. The number of aliphatic hydroxyl groups excluding tert-OH is 1. The van der Waals surface area contributed by atoms with Crippen LogP contribution in [-0.2, 0) is 67.3 Å². The minimum absolute atomic E-state index is 0.00983. The van der Waals surface area contributed by atoms with Crippen LogP contribution in [0.1, 0.15) is 148 Å². The van der Waals surface area contributed by atoms with E-state index >= 15 is 0 Å². The van der Waals surface area contributed by atoms with Crippen LogP contribution in [0.3, 0.4) is 0 Å². The van der Waals surface area contributed by atoms with Gasteiger partial charge < -0.3 is 43.0 Å². The Labute approximate surface area is 475 Å². The molecule has 9 rings (SSSR count). The largest absolute Gasteiger partial charge is 0.462 e. The third kappa shape index (κ3) is 12.3. The predicted octanol–water partition coefficient (Wildman–Crippen LogP) is 13.0. The first-order valence-corrected chi connectivity index (χ1v) is 29.3. The number of fused-ring (bicyclic) bond motifs is 5. The second-order valence-electron chi connectivity index (χ2n) is 25.7. The summed E-state index contributed by atoms with van der Waals surface area (Å²) >= 11 is 0. The molecular weight excluding hydrogens is 1010 g/mol. The summed E-state index contributed by atoms with van der Waals surface area (Å²) in [7, 11) is 0. The molecule has 1 N–H and O–H groups in total. The molecule has 1 saturated heterocycles. The van der Waals surface area contributed by atoms with E-state index < -0.39 is 53.8 Å². The molecule has 432 valence electrons. The van der Waals surface area contributed by atoms with E-state index in [0.29, 0.717) is 37.9 Å². The maximum absolute atomic E-state index is 14.4. The summed E-state index contributed by atoms with van der Waals surface area (Å²) in [5.74, 6) is -1.36. The van der Waals surface area contributed by atoms with Gasteiger partial charge in [-0.05, 0) is 135 Å². The normalized spacial score (nSPS) is 34.1. The second-order valence-corrected chi connectivity index (χ2v) is 25.7. The number of hydrogen-bond donors (Lipinski definition) is 1. The molecule has 5 fully saturated rings. The summed E-state index contributed by atoms with van der Waals surface area (Å²) in [4.78, 5) is 40.5. The highest BCUT2D eigenvalue weighted by Gasteiger charge is 2.74. The number of ether oxygens (including phenoxy) is 8. The van der Waals surface area contributed by atoms with Crippen molar-refractivity contribution in [2.24, 2.45) is 45.3 Å². The molecule has 4 saturated carbocycles. The van der Waals surface area contributed by atoms with Gasteiger partial charge in [0, 0.05) is 25.2 Å². The number of rotatable bonds is 20. The number of benzene rings is 4. The van der Waals surface area contributed by atoms with Gasteiger partial charge in [0.05, 0.1) is 43.7 Å². The first-order valence-electron chi connectivity index (χ1n) is 29.3. The van der Waals surface area contributed by atoms with Crippen molar-refractivity contribution in [1.29, 1.82) is 0 Å².